The van der Waals surface area contributed by atoms with E-state index in [1.807, 2.05) is 6.07 Å². The summed E-state index contributed by atoms with van der Waals surface area (Å²) in [6, 6.07) is 8.88. The number of Topliss-reactive ketones (excluding diaryl/α,β-unsaturated/α-hetero) is 1. The fraction of sp³-hybridized carbons (Fsp3) is 0.0714. The van der Waals surface area contributed by atoms with E-state index in [9.17, 15) is 9.59 Å². The number of fused-ring (bicyclic) bond motifs is 1. The molecule has 0 amide bonds. The molecule has 3 rings (SSSR count). The van der Waals surface area contributed by atoms with Gasteiger partial charge in [-0.05, 0) is 37.3 Å². The highest BCUT2D eigenvalue weighted by atomic mass is 32.1. The Labute approximate surface area is 118 Å². The third-order valence-corrected chi connectivity index (χ3v) is 4.10. The van der Waals surface area contributed by atoms with Gasteiger partial charge in [-0.15, -0.1) is 11.3 Å². The number of ketones is 1. The van der Waals surface area contributed by atoms with E-state index in [4.69, 9.17) is 4.74 Å². The number of hydrogen-bond acceptors (Lipinski definition) is 5. The lowest BCUT2D eigenvalue weighted by atomic mass is 10.2. The van der Waals surface area contributed by atoms with Gasteiger partial charge in [0.05, 0.1) is 15.3 Å². The maximum atomic E-state index is 11.4. The predicted molar refractivity (Wildman–Crippen MR) is 76.1 cm³/mol. The molecule has 0 saturated heterocycles. The Morgan fingerprint density at radius 2 is 2.20 bits per heavy atom. The summed E-state index contributed by atoms with van der Waals surface area (Å²) >= 11 is 1.39. The van der Waals surface area contributed by atoms with Gasteiger partial charge < -0.3 is 4.74 Å². The number of carbonyl (C=O) groups is 2. The Morgan fingerprint density at radius 3 is 2.90 bits per heavy atom. The molecule has 20 heavy (non-hydrogen) atoms. The number of ether oxygens (including phenoxy) is 1. The van der Waals surface area contributed by atoms with Gasteiger partial charge in [0.2, 0.25) is 0 Å². The molecule has 0 aliphatic heterocycles. The summed E-state index contributed by atoms with van der Waals surface area (Å²) in [5.41, 5.74) is 1.59. The molecule has 2 aromatic heterocycles. The van der Waals surface area contributed by atoms with Crippen LogP contribution in [-0.2, 0) is 4.79 Å². The zero-order valence-electron chi connectivity index (χ0n) is 10.5. The first kappa shape index (κ1) is 12.6. The average molecular weight is 286 g/mol. The van der Waals surface area contributed by atoms with E-state index >= 15 is 0 Å². The maximum absolute atomic E-state index is 11.4. The summed E-state index contributed by atoms with van der Waals surface area (Å²) < 4.78 is 4.84. The first-order chi connectivity index (χ1) is 9.69. The van der Waals surface area contributed by atoms with Gasteiger partial charge in [0.25, 0.3) is 6.47 Å². The van der Waals surface area contributed by atoms with E-state index in [2.05, 4.69) is 10.2 Å². The number of benzene rings is 1. The van der Waals surface area contributed by atoms with Crippen LogP contribution in [0.2, 0.25) is 0 Å². The van der Waals surface area contributed by atoms with Crippen molar-refractivity contribution in [2.45, 2.75) is 6.92 Å². The predicted octanol–water partition coefficient (Wildman–Crippen LogP) is 3.03. The molecule has 3 aromatic rings. The van der Waals surface area contributed by atoms with Crippen molar-refractivity contribution in [1.82, 2.24) is 10.2 Å². The Morgan fingerprint density at radius 1 is 1.35 bits per heavy atom. The maximum Gasteiger partial charge on any atom is 0.298 e. The summed E-state index contributed by atoms with van der Waals surface area (Å²) in [6.45, 7) is 1.92. The molecule has 0 fully saturated rings. The number of carbonyl (C=O) groups excluding carboxylic acids is 2. The van der Waals surface area contributed by atoms with E-state index in [0.717, 1.165) is 21.5 Å². The molecule has 0 atom stereocenters. The number of nitrogens with one attached hydrogen (secondary N) is 1. The van der Waals surface area contributed by atoms with Crippen LogP contribution in [0.3, 0.4) is 0 Å². The monoisotopic (exact) mass is 286 g/mol. The largest absolute Gasteiger partial charge is 0.429 e. The van der Waals surface area contributed by atoms with Gasteiger partial charge in [0.15, 0.2) is 5.78 Å². The Balaban J connectivity index is 2.12. The fourth-order valence-corrected chi connectivity index (χ4v) is 2.87. The second kappa shape index (κ2) is 4.90. The number of rotatable bonds is 4. The van der Waals surface area contributed by atoms with Crippen molar-refractivity contribution in [3.63, 3.8) is 0 Å². The van der Waals surface area contributed by atoms with E-state index < -0.39 is 0 Å². The third-order valence-electron chi connectivity index (χ3n) is 2.90. The molecular weight excluding hydrogens is 276 g/mol. The van der Waals surface area contributed by atoms with Crippen LogP contribution in [0.4, 0.5) is 0 Å². The van der Waals surface area contributed by atoms with Crippen LogP contribution in [0, 0.1) is 0 Å². The number of H-pyrrole nitrogens is 1. The Kier molecular flexibility index (Phi) is 3.08. The molecule has 2 heterocycles. The van der Waals surface area contributed by atoms with Crippen LogP contribution in [0.15, 0.2) is 30.3 Å². The summed E-state index contributed by atoms with van der Waals surface area (Å²) in [5, 5.41) is 8.04. The normalized spacial score (nSPS) is 10.7. The second-order valence-electron chi connectivity index (χ2n) is 4.21. The molecule has 0 aliphatic rings. The van der Waals surface area contributed by atoms with Crippen LogP contribution in [0.1, 0.15) is 16.6 Å². The summed E-state index contributed by atoms with van der Waals surface area (Å²) in [4.78, 5) is 23.3. The van der Waals surface area contributed by atoms with E-state index in [1.165, 1.54) is 18.3 Å². The summed E-state index contributed by atoms with van der Waals surface area (Å²) in [6.07, 6.45) is 0. The van der Waals surface area contributed by atoms with E-state index in [-0.39, 0.29) is 5.78 Å². The van der Waals surface area contributed by atoms with Crippen molar-refractivity contribution in [3.05, 3.63) is 35.2 Å². The number of thiophene rings is 1. The fourth-order valence-electron chi connectivity index (χ4n) is 1.96. The molecule has 0 spiro atoms. The summed E-state index contributed by atoms with van der Waals surface area (Å²) in [7, 11) is 0. The Bertz CT molecular complexity index is 804. The number of aromatic nitrogens is 2. The molecule has 0 saturated carbocycles. The first-order valence-electron chi connectivity index (χ1n) is 5.88. The van der Waals surface area contributed by atoms with Crippen LogP contribution in [0.25, 0.3) is 21.5 Å². The molecule has 0 bridgehead atoms. The van der Waals surface area contributed by atoms with Crippen LogP contribution in [-0.4, -0.2) is 22.5 Å². The van der Waals surface area contributed by atoms with Crippen molar-refractivity contribution in [2.24, 2.45) is 0 Å². The molecule has 1 aromatic carbocycles. The minimum Gasteiger partial charge on any atom is -0.429 e. The van der Waals surface area contributed by atoms with Crippen molar-refractivity contribution in [2.75, 3.05) is 0 Å². The van der Waals surface area contributed by atoms with Crippen LogP contribution in [0.5, 0.6) is 5.75 Å². The molecule has 5 nitrogen and oxygen atoms in total. The second-order valence-corrected chi connectivity index (χ2v) is 5.30. The van der Waals surface area contributed by atoms with Gasteiger partial charge in [0, 0.05) is 5.39 Å². The highest BCUT2D eigenvalue weighted by Gasteiger charge is 2.13. The van der Waals surface area contributed by atoms with Crippen molar-refractivity contribution >= 4 is 34.5 Å². The molecule has 0 aliphatic carbocycles. The average Bonchev–Trinajstić information content (AvgIpc) is 3.04. The quantitative estimate of drug-likeness (QED) is 0.591. The SMILES string of the molecule is CC(=O)c1ccc(-c2n[nH]c3ccc(OC=O)cc23)s1. The van der Waals surface area contributed by atoms with Gasteiger partial charge >= 0.3 is 0 Å². The highest BCUT2D eigenvalue weighted by Crippen LogP contribution is 2.33. The van der Waals surface area contributed by atoms with Crippen molar-refractivity contribution in [1.29, 1.82) is 0 Å². The van der Waals surface area contributed by atoms with Gasteiger partial charge in [-0.3, -0.25) is 14.7 Å². The lowest BCUT2D eigenvalue weighted by molar-refractivity contribution is -0.120. The number of nitrogens with zero attached hydrogens (tertiary/aromatic N) is 1. The topological polar surface area (TPSA) is 72.1 Å². The molecule has 6 heteroatoms. The van der Waals surface area contributed by atoms with E-state index in [0.29, 0.717) is 17.1 Å². The minimum atomic E-state index is 0.0334. The van der Waals surface area contributed by atoms with Gasteiger partial charge in [-0.25, -0.2) is 0 Å². The highest BCUT2D eigenvalue weighted by molar-refractivity contribution is 7.17. The molecular formula is C14H10N2O3S. The number of hydrogen-bond donors (Lipinski definition) is 1. The van der Waals surface area contributed by atoms with Crippen LogP contribution < -0.4 is 4.74 Å². The lowest BCUT2D eigenvalue weighted by Gasteiger charge is -1.98. The molecule has 0 radical (unpaired) electrons. The van der Waals surface area contributed by atoms with Gasteiger partial charge in [0.1, 0.15) is 11.4 Å². The smallest absolute Gasteiger partial charge is 0.298 e. The number of aromatic amines is 1. The minimum absolute atomic E-state index is 0.0334. The zero-order valence-corrected chi connectivity index (χ0v) is 11.4. The zero-order chi connectivity index (χ0) is 14.1. The van der Waals surface area contributed by atoms with Crippen molar-refractivity contribution in [3.8, 4) is 16.3 Å². The standard InChI is InChI=1S/C14H10N2O3S/c1-8(18)12-4-5-13(20-12)14-10-6-9(19-7-17)2-3-11(10)15-16-14/h2-7H,1H3,(H,15,16). The van der Waals surface area contributed by atoms with Gasteiger partial charge in [-0.2, -0.15) is 5.10 Å². The van der Waals surface area contributed by atoms with Crippen molar-refractivity contribution < 1.29 is 14.3 Å². The molecule has 0 unspecified atom stereocenters. The third kappa shape index (κ3) is 2.10. The molecule has 100 valence electrons. The lowest BCUT2D eigenvalue weighted by Crippen LogP contribution is -1.87. The molecule has 1 N–H and O–H groups in total. The van der Waals surface area contributed by atoms with Crippen LogP contribution >= 0.6 is 11.3 Å². The van der Waals surface area contributed by atoms with Gasteiger partial charge in [-0.1, -0.05) is 0 Å². The summed E-state index contributed by atoms with van der Waals surface area (Å²) in [5.74, 6) is 0.490. The van der Waals surface area contributed by atoms with E-state index in [1.54, 1.807) is 24.3 Å². The Hall–Kier alpha value is -2.47. The first-order valence-corrected chi connectivity index (χ1v) is 6.70.